The molecule has 0 saturated carbocycles. The largest absolute Gasteiger partial charge is 0.457 e. The Morgan fingerprint density at radius 2 is 1.33 bits per heavy atom. The number of anilines is 2. The van der Waals surface area contributed by atoms with Crippen LogP contribution in [0.1, 0.15) is 33.4 Å². The van der Waals surface area contributed by atoms with Gasteiger partial charge in [-0.2, -0.15) is 0 Å². The number of nitrogens with two attached hydrogens (primary N) is 1. The van der Waals surface area contributed by atoms with Gasteiger partial charge in [-0.1, -0.05) is 48.5 Å². The molecule has 0 radical (unpaired) electrons. The second kappa shape index (κ2) is 14.7. The summed E-state index contributed by atoms with van der Waals surface area (Å²) in [7, 11) is 0. The normalized spacial score (nSPS) is 11.7. The van der Waals surface area contributed by atoms with Crippen molar-refractivity contribution in [2.24, 2.45) is 5.73 Å². The Bertz CT molecular complexity index is 1870. The molecule has 230 valence electrons. The van der Waals surface area contributed by atoms with Gasteiger partial charge < -0.3 is 26.1 Å². The van der Waals surface area contributed by atoms with Crippen LogP contribution in [0.2, 0.25) is 0 Å². The van der Waals surface area contributed by atoms with E-state index in [0.717, 1.165) is 10.5 Å². The average Bonchev–Trinajstić information content (AvgIpc) is 3.55. The van der Waals surface area contributed by atoms with E-state index in [-0.39, 0.29) is 11.6 Å². The van der Waals surface area contributed by atoms with Crippen molar-refractivity contribution in [3.63, 3.8) is 0 Å². The summed E-state index contributed by atoms with van der Waals surface area (Å²) in [6.45, 7) is 1.78. The number of hydrogen-bond acceptors (Lipinski definition) is 6. The minimum atomic E-state index is -0.544. The molecular weight excluding hydrogens is 600 g/mol. The highest BCUT2D eigenvalue weighted by Crippen LogP contribution is 2.27. The van der Waals surface area contributed by atoms with Gasteiger partial charge in [-0.15, -0.1) is 11.8 Å². The van der Waals surface area contributed by atoms with E-state index in [0.29, 0.717) is 34.0 Å². The van der Waals surface area contributed by atoms with Gasteiger partial charge in [-0.25, -0.2) is 0 Å². The molecule has 0 aliphatic heterocycles. The highest BCUT2D eigenvalue weighted by molar-refractivity contribution is 8.00. The van der Waals surface area contributed by atoms with Gasteiger partial charge in [0.1, 0.15) is 17.2 Å². The van der Waals surface area contributed by atoms with Gasteiger partial charge in [0, 0.05) is 39.0 Å². The topological polar surface area (TPSA) is 144 Å². The number of carbonyl (C=O) groups is 4. The van der Waals surface area contributed by atoms with Crippen molar-refractivity contribution in [2.75, 3.05) is 10.6 Å². The van der Waals surface area contributed by atoms with Crippen molar-refractivity contribution < 1.29 is 23.6 Å². The summed E-state index contributed by atoms with van der Waals surface area (Å²) >= 11 is 1.34. The highest BCUT2D eigenvalue weighted by Gasteiger charge is 2.18. The molecule has 4 aromatic carbocycles. The molecule has 0 spiro atoms. The van der Waals surface area contributed by atoms with Crippen molar-refractivity contribution in [2.45, 2.75) is 17.1 Å². The summed E-state index contributed by atoms with van der Waals surface area (Å²) in [6.07, 6.45) is 1.48. The number of rotatable bonds is 11. The lowest BCUT2D eigenvalue weighted by Gasteiger charge is -2.13. The van der Waals surface area contributed by atoms with E-state index in [2.05, 4.69) is 16.0 Å². The van der Waals surface area contributed by atoms with Crippen LogP contribution >= 0.6 is 11.8 Å². The fraction of sp³-hybridized carbons (Fsp3) is 0.0556. The Kier molecular flexibility index (Phi) is 10.1. The molecule has 0 aliphatic rings. The van der Waals surface area contributed by atoms with Crippen molar-refractivity contribution in [3.8, 4) is 11.3 Å². The van der Waals surface area contributed by atoms with Gasteiger partial charge in [0.25, 0.3) is 11.8 Å². The quantitative estimate of drug-likeness (QED) is 0.0960. The second-order valence-corrected chi connectivity index (χ2v) is 11.5. The molecule has 0 aliphatic carbocycles. The maximum Gasteiger partial charge on any atom is 0.272 e. The first-order chi connectivity index (χ1) is 22.2. The molecule has 1 heterocycles. The van der Waals surface area contributed by atoms with Crippen molar-refractivity contribution in [1.29, 1.82) is 0 Å². The van der Waals surface area contributed by atoms with Crippen LogP contribution in [-0.4, -0.2) is 28.9 Å². The molecule has 0 saturated heterocycles. The van der Waals surface area contributed by atoms with Gasteiger partial charge in [0.05, 0.1) is 5.25 Å². The highest BCUT2D eigenvalue weighted by atomic mass is 32.2. The lowest BCUT2D eigenvalue weighted by Crippen LogP contribution is -2.30. The number of thioether (sulfide) groups is 1. The van der Waals surface area contributed by atoms with Crippen LogP contribution in [0, 0.1) is 0 Å². The summed E-state index contributed by atoms with van der Waals surface area (Å²) in [5, 5.41) is 7.91. The molecule has 5 aromatic rings. The first-order valence-electron chi connectivity index (χ1n) is 14.3. The summed E-state index contributed by atoms with van der Waals surface area (Å²) in [5.41, 5.74) is 7.93. The Morgan fingerprint density at radius 1 is 0.717 bits per heavy atom. The standard InChI is InChI=1S/C36H30N4O5S/c1-23(34(42)38-27-14-12-25(13-15-27)33(37)41)46-30-19-16-28(17-20-30)39-36(44)31(40-35(43)26-10-6-3-7-11-26)22-29-18-21-32(45-29)24-8-4-2-5-9-24/h2-23H,1H3,(H2,37,41)(H,38,42)(H,39,44)(H,40,43)/b31-22-/t23-/m0/s1. The Hall–Kier alpha value is -5.87. The maximum atomic E-state index is 13.4. The van der Waals surface area contributed by atoms with Crippen LogP contribution < -0.4 is 21.7 Å². The zero-order chi connectivity index (χ0) is 32.5. The van der Waals surface area contributed by atoms with E-state index < -0.39 is 23.0 Å². The number of furan rings is 1. The summed E-state index contributed by atoms with van der Waals surface area (Å²) in [4.78, 5) is 51.2. The number of nitrogens with one attached hydrogen (secondary N) is 3. The van der Waals surface area contributed by atoms with Crippen LogP contribution in [0.5, 0.6) is 0 Å². The lowest BCUT2D eigenvalue weighted by molar-refractivity contribution is -0.115. The Balaban J connectivity index is 1.26. The molecule has 1 atom stereocenters. The predicted molar refractivity (Wildman–Crippen MR) is 180 cm³/mol. The maximum absolute atomic E-state index is 13.4. The van der Waals surface area contributed by atoms with E-state index >= 15 is 0 Å². The minimum Gasteiger partial charge on any atom is -0.457 e. The molecule has 0 unspecified atom stereocenters. The number of benzene rings is 4. The minimum absolute atomic E-state index is 0.00424. The fourth-order valence-corrected chi connectivity index (χ4v) is 5.17. The first-order valence-corrected chi connectivity index (χ1v) is 15.2. The van der Waals surface area contributed by atoms with Crippen LogP contribution in [-0.2, 0) is 9.59 Å². The summed E-state index contributed by atoms with van der Waals surface area (Å²) in [6, 6.07) is 35.0. The van der Waals surface area contributed by atoms with Crippen LogP contribution in [0.3, 0.4) is 0 Å². The van der Waals surface area contributed by atoms with Crippen LogP contribution in [0.15, 0.2) is 136 Å². The van der Waals surface area contributed by atoms with Crippen LogP contribution in [0.4, 0.5) is 11.4 Å². The van der Waals surface area contributed by atoms with E-state index in [1.54, 1.807) is 97.9 Å². The SMILES string of the molecule is C[C@H](Sc1ccc(NC(=O)/C(=C/c2ccc(-c3ccccc3)o2)NC(=O)c2ccccc2)cc1)C(=O)Nc1ccc(C(N)=O)cc1. The van der Waals surface area contributed by atoms with Crippen molar-refractivity contribution in [1.82, 2.24) is 5.32 Å². The molecule has 9 nitrogen and oxygen atoms in total. The third-order valence-corrected chi connectivity index (χ3v) is 7.84. The predicted octanol–water partition coefficient (Wildman–Crippen LogP) is 6.57. The van der Waals surface area contributed by atoms with Crippen molar-refractivity contribution >= 4 is 52.8 Å². The third kappa shape index (κ3) is 8.40. The zero-order valence-corrected chi connectivity index (χ0v) is 25.5. The Labute approximate surface area is 269 Å². The average molecular weight is 631 g/mol. The molecule has 5 rings (SSSR count). The van der Waals surface area contributed by atoms with E-state index in [1.165, 1.54) is 17.8 Å². The molecule has 5 N–H and O–H groups in total. The van der Waals surface area contributed by atoms with E-state index in [1.807, 2.05) is 30.3 Å². The molecule has 0 bridgehead atoms. The van der Waals surface area contributed by atoms with Gasteiger partial charge >= 0.3 is 0 Å². The van der Waals surface area contributed by atoms with Crippen molar-refractivity contribution in [3.05, 3.63) is 144 Å². The zero-order valence-electron chi connectivity index (χ0n) is 24.7. The molecule has 0 fully saturated rings. The van der Waals surface area contributed by atoms with Gasteiger partial charge in [0.15, 0.2) is 0 Å². The number of carbonyl (C=O) groups excluding carboxylic acids is 4. The number of primary amides is 1. The second-order valence-electron chi connectivity index (χ2n) is 10.1. The monoisotopic (exact) mass is 630 g/mol. The number of hydrogen-bond donors (Lipinski definition) is 4. The summed E-state index contributed by atoms with van der Waals surface area (Å²) < 4.78 is 5.95. The van der Waals surface area contributed by atoms with E-state index in [4.69, 9.17) is 10.2 Å². The summed E-state index contributed by atoms with van der Waals surface area (Å²) in [5.74, 6) is -0.734. The molecule has 46 heavy (non-hydrogen) atoms. The lowest BCUT2D eigenvalue weighted by atomic mass is 10.2. The third-order valence-electron chi connectivity index (χ3n) is 6.73. The molecular formula is C36H30N4O5S. The molecule has 10 heteroatoms. The first kappa shape index (κ1) is 31.6. The van der Waals surface area contributed by atoms with Gasteiger partial charge in [-0.05, 0) is 79.7 Å². The van der Waals surface area contributed by atoms with Crippen LogP contribution in [0.25, 0.3) is 17.4 Å². The smallest absolute Gasteiger partial charge is 0.272 e. The molecule has 4 amide bonds. The van der Waals surface area contributed by atoms with Gasteiger partial charge in [0.2, 0.25) is 11.8 Å². The van der Waals surface area contributed by atoms with E-state index in [9.17, 15) is 19.2 Å². The Morgan fingerprint density at radius 3 is 1.98 bits per heavy atom. The van der Waals surface area contributed by atoms with Gasteiger partial charge in [-0.3, -0.25) is 19.2 Å². The fourth-order valence-electron chi connectivity index (χ4n) is 4.31. The molecule has 1 aromatic heterocycles. The number of amides is 4.